The van der Waals surface area contributed by atoms with Crippen LogP contribution in [0.3, 0.4) is 0 Å². The Labute approximate surface area is 137 Å². The van der Waals surface area contributed by atoms with Crippen LogP contribution in [0.4, 0.5) is 4.39 Å². The van der Waals surface area contributed by atoms with Crippen LogP contribution in [0.1, 0.15) is 19.9 Å². The minimum atomic E-state index is -5.27. The van der Waals surface area contributed by atoms with E-state index in [1.165, 1.54) is 6.07 Å². The van der Waals surface area contributed by atoms with E-state index in [2.05, 4.69) is 0 Å². The third-order valence-electron chi connectivity index (χ3n) is 2.80. The fraction of sp³-hybridized carbons (Fsp3) is 0.333. The van der Waals surface area contributed by atoms with Gasteiger partial charge < -0.3 is 4.55 Å². The molecule has 0 saturated carbocycles. The molecule has 1 aliphatic rings. The van der Waals surface area contributed by atoms with Crippen LogP contribution in [0.5, 0.6) is 0 Å². The number of benzene rings is 1. The van der Waals surface area contributed by atoms with E-state index >= 15 is 0 Å². The van der Waals surface area contributed by atoms with E-state index in [1.54, 1.807) is 24.1 Å². The van der Waals surface area contributed by atoms with Crippen LogP contribution in [-0.2, 0) is 16.7 Å². The van der Waals surface area contributed by atoms with Crippen molar-refractivity contribution in [3.05, 3.63) is 35.4 Å². The van der Waals surface area contributed by atoms with Gasteiger partial charge in [0.25, 0.3) is 0 Å². The van der Waals surface area contributed by atoms with E-state index in [0.717, 1.165) is 0 Å². The summed E-state index contributed by atoms with van der Waals surface area (Å²) in [6.07, 6.45) is 3.13. The summed E-state index contributed by atoms with van der Waals surface area (Å²) in [5, 5.41) is 0. The number of alkyl halides is 1. The van der Waals surface area contributed by atoms with Gasteiger partial charge in [0, 0.05) is 6.42 Å². The van der Waals surface area contributed by atoms with Gasteiger partial charge in [0.1, 0.15) is 6.17 Å². The van der Waals surface area contributed by atoms with E-state index < -0.39 is 29.0 Å². The predicted octanol–water partition coefficient (Wildman–Crippen LogP) is -1.98. The number of hydrogen-bond acceptors (Lipinski definition) is 3. The maximum Gasteiger partial charge on any atom is 1.00 e. The van der Waals surface area contributed by atoms with E-state index in [1.807, 2.05) is 0 Å². The minimum Gasteiger partial charge on any atom is -0.735 e. The Kier molecular flexibility index (Phi) is 4.53. The second kappa shape index (κ2) is 6.35. The Hall–Kier alpha value is -0.420. The van der Waals surface area contributed by atoms with Crippen molar-refractivity contribution in [2.24, 2.45) is 0 Å². The third-order valence-corrected chi connectivity index (χ3v) is 3.60. The molecular weight excluding hydrogens is 279 g/mol. The van der Waals surface area contributed by atoms with E-state index in [-0.39, 0.29) is 45.8 Å². The van der Waals surface area contributed by atoms with Crippen LogP contribution >= 0.6 is 0 Å². The second-order valence-corrected chi connectivity index (χ2v) is 5.12. The fourth-order valence-corrected chi connectivity index (χ4v) is 2.81. The van der Waals surface area contributed by atoms with Crippen LogP contribution in [0.2, 0.25) is 0 Å². The first-order chi connectivity index (χ1) is 9.18. The Balaban J connectivity index is 0.00000220. The number of terminal acetylenes is 1. The molecule has 4 nitrogen and oxygen atoms in total. The molecule has 2 rings (SSSR count). The molecule has 2 unspecified atom stereocenters. The van der Waals surface area contributed by atoms with E-state index in [0.29, 0.717) is 5.56 Å². The van der Waals surface area contributed by atoms with Gasteiger partial charge in [-0.3, -0.25) is 0 Å². The van der Waals surface area contributed by atoms with Crippen molar-refractivity contribution in [1.29, 1.82) is 0 Å². The summed E-state index contributed by atoms with van der Waals surface area (Å²) in [6.45, 7) is -2.90. The van der Waals surface area contributed by atoms with Gasteiger partial charge in [-0.25, -0.2) is 12.8 Å². The molecule has 0 heterocycles. The molecule has 1 aromatic carbocycles. The SMILES string of the molecule is [2H]C([2H])(C#C)N(C1c2ccccc2CC1[18F])S(=O)(=O)[O-].[Na+]. The molecule has 0 radical (unpaired) electrons. The molecule has 7 heteroatoms. The van der Waals surface area contributed by atoms with Crippen molar-refractivity contribution in [3.63, 3.8) is 0 Å². The van der Waals surface area contributed by atoms with Crippen molar-refractivity contribution < 1.29 is 49.7 Å². The molecule has 0 aromatic heterocycles. The molecule has 0 bridgehead atoms. The van der Waals surface area contributed by atoms with Gasteiger partial charge in [0.15, 0.2) is 10.3 Å². The van der Waals surface area contributed by atoms with Crippen LogP contribution in [0.25, 0.3) is 0 Å². The van der Waals surface area contributed by atoms with Gasteiger partial charge in [0.2, 0.25) is 0 Å². The van der Waals surface area contributed by atoms with Gasteiger partial charge in [-0.05, 0) is 11.1 Å². The summed E-state index contributed by atoms with van der Waals surface area (Å²) in [7, 11) is -5.27. The number of fused-ring (bicyclic) bond motifs is 1. The van der Waals surface area contributed by atoms with Crippen molar-refractivity contribution in [2.75, 3.05) is 6.50 Å². The normalized spacial score (nSPS) is 23.9. The molecule has 96 valence electrons. The average molecular weight is 292 g/mol. The molecule has 2 atom stereocenters. The summed E-state index contributed by atoms with van der Waals surface area (Å²) in [5.74, 6) is 1.59. The molecule has 1 aromatic rings. The Morgan fingerprint density at radius 1 is 1.58 bits per heavy atom. The van der Waals surface area contributed by atoms with Crippen molar-refractivity contribution in [1.82, 2.24) is 4.31 Å². The molecular formula is C12H11FNNaO3S. The monoisotopic (exact) mass is 292 g/mol. The van der Waals surface area contributed by atoms with Crippen LogP contribution < -0.4 is 29.6 Å². The van der Waals surface area contributed by atoms with Crippen LogP contribution in [0.15, 0.2) is 24.3 Å². The van der Waals surface area contributed by atoms with E-state index in [9.17, 15) is 17.4 Å². The first kappa shape index (κ1) is 13.6. The maximum atomic E-state index is 14.1. The van der Waals surface area contributed by atoms with Gasteiger partial charge in [-0.1, -0.05) is 30.2 Å². The summed E-state index contributed by atoms with van der Waals surface area (Å²) in [5.41, 5.74) is 0.796. The van der Waals surface area contributed by atoms with Crippen molar-refractivity contribution in [3.8, 4) is 12.3 Å². The van der Waals surface area contributed by atoms with Gasteiger partial charge >= 0.3 is 29.6 Å². The fourth-order valence-electron chi connectivity index (χ4n) is 2.13. The minimum absolute atomic E-state index is 0. The molecule has 0 N–H and O–H groups in total. The van der Waals surface area contributed by atoms with Gasteiger partial charge in [-0.2, -0.15) is 4.31 Å². The smallest absolute Gasteiger partial charge is 0.735 e. The molecule has 0 saturated heterocycles. The zero-order valence-corrected chi connectivity index (χ0v) is 13.0. The number of nitrogens with zero attached hydrogens (tertiary/aromatic N) is 1. The first-order valence-corrected chi connectivity index (χ1v) is 6.50. The van der Waals surface area contributed by atoms with E-state index in [4.69, 9.17) is 9.16 Å². The number of hydrogen-bond donors (Lipinski definition) is 0. The average Bonchev–Trinajstić information content (AvgIpc) is 2.65. The van der Waals surface area contributed by atoms with Crippen LogP contribution in [-0.4, -0.2) is 29.9 Å². The first-order valence-electron chi connectivity index (χ1n) is 6.13. The summed E-state index contributed by atoms with van der Waals surface area (Å²) in [6, 6.07) is 4.73. The summed E-state index contributed by atoms with van der Waals surface area (Å²) in [4.78, 5) is 0. The van der Waals surface area contributed by atoms with Gasteiger partial charge in [-0.15, -0.1) is 6.42 Å². The Morgan fingerprint density at radius 2 is 2.21 bits per heavy atom. The van der Waals surface area contributed by atoms with Gasteiger partial charge in [0.05, 0.1) is 15.3 Å². The third kappa shape index (κ3) is 3.37. The molecule has 0 spiro atoms. The predicted molar refractivity (Wildman–Crippen MR) is 63.0 cm³/mol. The second-order valence-electron chi connectivity index (χ2n) is 3.87. The van der Waals surface area contributed by atoms with Crippen LogP contribution in [0, 0.1) is 12.3 Å². The largest absolute Gasteiger partial charge is 1.00 e. The Bertz CT molecular complexity index is 677. The summed E-state index contributed by atoms with van der Waals surface area (Å²) >= 11 is 0. The molecule has 0 aliphatic heterocycles. The topological polar surface area (TPSA) is 60.4 Å². The molecule has 19 heavy (non-hydrogen) atoms. The Morgan fingerprint density at radius 3 is 2.79 bits per heavy atom. The maximum absolute atomic E-state index is 14.1. The standard InChI is InChI=1S/C12H12FNO3S.Na/c1-2-7-14(18(15,16)17)12-10-6-4-3-5-9(10)8-11(12)13;/h1,3-6,11-12H,7-8H2,(H,15,16,17);/q;+1/p-1/i7D2,13-1;. The zero-order valence-electron chi connectivity index (χ0n) is 12.2. The van der Waals surface area contributed by atoms with Crippen molar-refractivity contribution >= 4 is 10.3 Å². The molecule has 0 amide bonds. The zero-order chi connectivity index (χ0) is 15.1. The molecule has 0 fully saturated rings. The number of rotatable bonds is 3. The summed E-state index contributed by atoms with van der Waals surface area (Å²) < 4.78 is 63.1. The molecule has 1 aliphatic carbocycles. The quantitative estimate of drug-likeness (QED) is 0.369. The van der Waals surface area contributed by atoms with Crippen molar-refractivity contribution in [2.45, 2.75) is 18.6 Å². The number of halogens is 1.